The molecule has 0 amide bonds. The van der Waals surface area contributed by atoms with Gasteiger partial charge in [-0.2, -0.15) is 4.98 Å². The van der Waals surface area contributed by atoms with Gasteiger partial charge in [0.1, 0.15) is 0 Å². The van der Waals surface area contributed by atoms with Gasteiger partial charge in [-0.15, -0.1) is 0 Å². The summed E-state index contributed by atoms with van der Waals surface area (Å²) < 4.78 is 37.1. The number of hydrogen-bond acceptors (Lipinski definition) is 7. The van der Waals surface area contributed by atoms with Gasteiger partial charge in [0.2, 0.25) is 10.0 Å². The molecular weight excluding hydrogens is 368 g/mol. The Labute approximate surface area is 161 Å². The van der Waals surface area contributed by atoms with Crippen LogP contribution in [0.4, 0.5) is 6.01 Å². The highest BCUT2D eigenvalue weighted by atomic mass is 32.2. The van der Waals surface area contributed by atoms with Crippen molar-refractivity contribution >= 4 is 16.0 Å². The minimum Gasteiger partial charge on any atom is -0.381 e. The molecule has 0 spiro atoms. The Balaban J connectivity index is 1.43. The predicted molar refractivity (Wildman–Crippen MR) is 103 cm³/mol. The van der Waals surface area contributed by atoms with Crippen LogP contribution in [0.25, 0.3) is 0 Å². The highest BCUT2D eigenvalue weighted by Crippen LogP contribution is 2.28. The van der Waals surface area contributed by atoms with Crippen molar-refractivity contribution < 1.29 is 17.7 Å². The molecule has 1 saturated heterocycles. The van der Waals surface area contributed by atoms with Gasteiger partial charge in [0.15, 0.2) is 5.82 Å². The molecule has 2 fully saturated rings. The summed E-state index contributed by atoms with van der Waals surface area (Å²) in [6, 6.07) is 0.789. The van der Waals surface area contributed by atoms with Crippen LogP contribution < -0.4 is 10.0 Å². The van der Waals surface area contributed by atoms with Gasteiger partial charge < -0.3 is 14.6 Å². The van der Waals surface area contributed by atoms with E-state index in [1.807, 2.05) is 0 Å². The van der Waals surface area contributed by atoms with Gasteiger partial charge >= 0.3 is 6.01 Å². The lowest BCUT2D eigenvalue weighted by atomic mass is 9.86. The molecule has 154 valence electrons. The number of hydrogen-bond donors (Lipinski definition) is 2. The van der Waals surface area contributed by atoms with Crippen molar-refractivity contribution in [3.8, 4) is 0 Å². The fourth-order valence-electron chi connectivity index (χ4n) is 3.54. The van der Waals surface area contributed by atoms with Crippen molar-refractivity contribution in [2.75, 3.05) is 25.1 Å². The molecule has 2 heterocycles. The fraction of sp³-hybridized carbons (Fsp3) is 0.889. The Kier molecular flexibility index (Phi) is 6.43. The minimum absolute atomic E-state index is 0.295. The first-order valence-corrected chi connectivity index (χ1v) is 11.4. The van der Waals surface area contributed by atoms with Crippen molar-refractivity contribution in [3.63, 3.8) is 0 Å². The van der Waals surface area contributed by atoms with E-state index in [4.69, 9.17) is 9.26 Å². The zero-order chi connectivity index (χ0) is 19.5. The topological polar surface area (TPSA) is 106 Å². The van der Waals surface area contributed by atoms with Crippen molar-refractivity contribution in [2.45, 2.75) is 76.0 Å². The number of ether oxygens (including phenoxy) is 1. The van der Waals surface area contributed by atoms with Crippen molar-refractivity contribution in [1.29, 1.82) is 0 Å². The molecule has 1 aromatic heterocycles. The first-order chi connectivity index (χ1) is 12.7. The third kappa shape index (κ3) is 5.42. The summed E-state index contributed by atoms with van der Waals surface area (Å²) in [5.41, 5.74) is 0. The molecule has 8 nitrogen and oxygen atoms in total. The summed E-state index contributed by atoms with van der Waals surface area (Å²) >= 11 is 0. The average molecular weight is 401 g/mol. The van der Waals surface area contributed by atoms with Gasteiger partial charge in [-0.3, -0.25) is 0 Å². The summed E-state index contributed by atoms with van der Waals surface area (Å²) in [6.07, 6.45) is 5.77. The van der Waals surface area contributed by atoms with Crippen LogP contribution in [0.3, 0.4) is 0 Å². The fourth-order valence-corrected chi connectivity index (χ4v) is 4.43. The third-order valence-electron chi connectivity index (χ3n) is 5.57. The second-order valence-electron chi connectivity index (χ2n) is 8.67. The monoisotopic (exact) mass is 400 g/mol. The van der Waals surface area contributed by atoms with Crippen LogP contribution in [-0.4, -0.2) is 49.1 Å². The number of anilines is 1. The third-order valence-corrected chi connectivity index (χ3v) is 7.73. The van der Waals surface area contributed by atoms with E-state index in [1.54, 1.807) is 20.8 Å². The average Bonchev–Trinajstić information content (AvgIpc) is 3.09. The summed E-state index contributed by atoms with van der Waals surface area (Å²) in [5, 5.41) is 7.47. The standard InChI is InChI=1S/C18H32N4O4S/c1-18(2,3)27(23,24)19-12-13-4-6-15(7-5-13)20-17-21-16(22-26-17)14-8-10-25-11-9-14/h13-15,19H,4-12H2,1-3H3,(H,20,21,22). The number of nitrogens with zero attached hydrogens (tertiary/aromatic N) is 2. The molecule has 0 atom stereocenters. The predicted octanol–water partition coefficient (Wildman–Crippen LogP) is 2.65. The molecular formula is C18H32N4O4S. The summed E-state index contributed by atoms with van der Waals surface area (Å²) in [4.78, 5) is 4.51. The van der Waals surface area contributed by atoms with Crippen LogP contribution in [-0.2, 0) is 14.8 Å². The molecule has 2 N–H and O–H groups in total. The first-order valence-electron chi connectivity index (χ1n) is 9.92. The molecule has 0 unspecified atom stereocenters. The molecule has 1 saturated carbocycles. The highest BCUT2D eigenvalue weighted by Gasteiger charge is 2.30. The van der Waals surface area contributed by atoms with E-state index in [0.717, 1.165) is 57.6 Å². The lowest BCUT2D eigenvalue weighted by Gasteiger charge is -2.29. The number of aromatic nitrogens is 2. The molecule has 0 radical (unpaired) electrons. The molecule has 2 aliphatic rings. The lowest BCUT2D eigenvalue weighted by molar-refractivity contribution is 0.0830. The van der Waals surface area contributed by atoms with Crippen LogP contribution in [0.1, 0.15) is 71.0 Å². The highest BCUT2D eigenvalue weighted by molar-refractivity contribution is 7.90. The number of rotatable bonds is 6. The molecule has 9 heteroatoms. The summed E-state index contributed by atoms with van der Waals surface area (Å²) in [5.74, 6) is 1.47. The maximum Gasteiger partial charge on any atom is 0.321 e. The van der Waals surface area contributed by atoms with Gasteiger partial charge in [-0.05, 0) is 65.2 Å². The van der Waals surface area contributed by atoms with Crippen LogP contribution in [0.5, 0.6) is 0 Å². The second kappa shape index (κ2) is 8.45. The largest absolute Gasteiger partial charge is 0.381 e. The molecule has 27 heavy (non-hydrogen) atoms. The van der Waals surface area contributed by atoms with Gasteiger partial charge in [0.25, 0.3) is 0 Å². The first kappa shape index (κ1) is 20.5. The van der Waals surface area contributed by atoms with Gasteiger partial charge in [0.05, 0.1) is 4.75 Å². The zero-order valence-electron chi connectivity index (χ0n) is 16.5. The molecule has 1 aromatic rings. The maximum atomic E-state index is 12.2. The smallest absolute Gasteiger partial charge is 0.321 e. The Morgan fingerprint density at radius 3 is 2.37 bits per heavy atom. The van der Waals surface area contributed by atoms with E-state index in [-0.39, 0.29) is 0 Å². The van der Waals surface area contributed by atoms with Gasteiger partial charge in [-0.25, -0.2) is 13.1 Å². The number of nitrogens with one attached hydrogen (secondary N) is 2. The Morgan fingerprint density at radius 1 is 1.07 bits per heavy atom. The normalized spacial score (nSPS) is 25.4. The van der Waals surface area contributed by atoms with E-state index < -0.39 is 14.8 Å². The summed E-state index contributed by atoms with van der Waals surface area (Å²) in [6.45, 7) is 7.18. The molecule has 1 aliphatic heterocycles. The van der Waals surface area contributed by atoms with E-state index >= 15 is 0 Å². The summed E-state index contributed by atoms with van der Waals surface area (Å²) in [7, 11) is -3.28. The van der Waals surface area contributed by atoms with Crippen LogP contribution in [0.15, 0.2) is 4.52 Å². The minimum atomic E-state index is -3.28. The lowest BCUT2D eigenvalue weighted by Crippen LogP contribution is -2.42. The van der Waals surface area contributed by atoms with E-state index in [9.17, 15) is 8.42 Å². The van der Waals surface area contributed by atoms with Crippen molar-refractivity contribution in [3.05, 3.63) is 5.82 Å². The SMILES string of the molecule is CC(C)(C)S(=O)(=O)NCC1CCC(Nc2nc(C3CCOCC3)no2)CC1. The quantitative estimate of drug-likeness (QED) is 0.756. The van der Waals surface area contributed by atoms with E-state index in [1.165, 1.54) is 0 Å². The van der Waals surface area contributed by atoms with Crippen LogP contribution in [0.2, 0.25) is 0 Å². The molecule has 3 rings (SSSR count). The maximum absolute atomic E-state index is 12.2. The zero-order valence-corrected chi connectivity index (χ0v) is 17.3. The van der Waals surface area contributed by atoms with Crippen molar-refractivity contribution in [1.82, 2.24) is 14.9 Å². The Hall–Kier alpha value is -1.19. The molecule has 0 bridgehead atoms. The van der Waals surface area contributed by atoms with Crippen LogP contribution >= 0.6 is 0 Å². The van der Waals surface area contributed by atoms with Gasteiger partial charge in [0, 0.05) is 31.7 Å². The number of sulfonamides is 1. The second-order valence-corrected chi connectivity index (χ2v) is 11.2. The van der Waals surface area contributed by atoms with Crippen molar-refractivity contribution in [2.24, 2.45) is 5.92 Å². The van der Waals surface area contributed by atoms with Crippen LogP contribution in [0, 0.1) is 5.92 Å². The van der Waals surface area contributed by atoms with E-state index in [0.29, 0.717) is 30.4 Å². The molecule has 1 aliphatic carbocycles. The molecule has 0 aromatic carbocycles. The Bertz CT molecular complexity index is 699. The Morgan fingerprint density at radius 2 is 1.74 bits per heavy atom. The van der Waals surface area contributed by atoms with Gasteiger partial charge in [-0.1, -0.05) is 5.16 Å². The van der Waals surface area contributed by atoms with E-state index in [2.05, 4.69) is 20.2 Å².